The third kappa shape index (κ3) is 6.20. The van der Waals surface area contributed by atoms with E-state index >= 15 is 0 Å². The zero-order valence-corrected chi connectivity index (χ0v) is 19.7. The summed E-state index contributed by atoms with van der Waals surface area (Å²) in [6, 6.07) is 19.9. The molecule has 2 fully saturated rings. The molecule has 0 aromatic heterocycles. The number of β-amino-alcohol motifs (C(OH)–C–C–N with tert-alkyl or cyclic N) is 1. The number of nitrogens with zero attached hydrogens (tertiary/aromatic N) is 2. The van der Waals surface area contributed by atoms with E-state index in [1.807, 2.05) is 60.7 Å². The Morgan fingerprint density at radius 1 is 0.853 bits per heavy atom. The van der Waals surface area contributed by atoms with Gasteiger partial charge in [0.05, 0.1) is 12.2 Å². The number of aliphatic hydroxyl groups excluding tert-OH is 1. The number of rotatable bonds is 9. The number of piperazine rings is 1. The van der Waals surface area contributed by atoms with Crippen molar-refractivity contribution >= 4 is 11.6 Å². The summed E-state index contributed by atoms with van der Waals surface area (Å²) in [5.41, 5.74) is 2.40. The number of benzene rings is 2. The van der Waals surface area contributed by atoms with Crippen LogP contribution in [0.25, 0.3) is 0 Å². The topological polar surface area (TPSA) is 72.9 Å². The number of allylic oxidation sites excluding steroid dienone is 1. The Balaban J connectivity index is 1.41. The molecule has 0 bridgehead atoms. The van der Waals surface area contributed by atoms with E-state index in [-0.39, 0.29) is 30.0 Å². The molecule has 6 heteroatoms. The zero-order chi connectivity index (χ0) is 23.8. The van der Waals surface area contributed by atoms with Gasteiger partial charge in [-0.15, -0.1) is 0 Å². The first kappa shape index (κ1) is 24.3. The molecule has 2 aromatic carbocycles. The van der Waals surface area contributed by atoms with Crippen molar-refractivity contribution in [1.29, 1.82) is 0 Å². The van der Waals surface area contributed by atoms with Crippen LogP contribution >= 0.6 is 0 Å². The van der Waals surface area contributed by atoms with Crippen molar-refractivity contribution in [2.45, 2.75) is 18.8 Å². The molecule has 1 saturated carbocycles. The number of ketones is 2. The maximum atomic E-state index is 13.4. The van der Waals surface area contributed by atoms with Gasteiger partial charge < -0.3 is 10.4 Å². The second-order valence-electron chi connectivity index (χ2n) is 9.23. The molecule has 180 valence electrons. The molecule has 1 aliphatic heterocycles. The van der Waals surface area contributed by atoms with Crippen LogP contribution < -0.4 is 5.32 Å². The molecule has 0 radical (unpaired) electrons. The Hall–Kier alpha value is -2.80. The Morgan fingerprint density at radius 3 is 2.12 bits per heavy atom. The second-order valence-corrected chi connectivity index (χ2v) is 9.23. The molecule has 34 heavy (non-hydrogen) atoms. The summed E-state index contributed by atoms with van der Waals surface area (Å²) < 4.78 is 0. The Bertz CT molecular complexity index is 969. The van der Waals surface area contributed by atoms with Gasteiger partial charge in [-0.1, -0.05) is 60.7 Å². The molecule has 2 unspecified atom stereocenters. The fraction of sp³-hybridized carbons (Fsp3) is 0.429. The molecule has 6 nitrogen and oxygen atoms in total. The fourth-order valence-corrected chi connectivity index (χ4v) is 4.99. The highest BCUT2D eigenvalue weighted by atomic mass is 16.3. The van der Waals surface area contributed by atoms with Crippen LogP contribution in [-0.2, 0) is 16.0 Å². The summed E-state index contributed by atoms with van der Waals surface area (Å²) in [6.07, 6.45) is 2.86. The van der Waals surface area contributed by atoms with Crippen LogP contribution in [0.3, 0.4) is 0 Å². The summed E-state index contributed by atoms with van der Waals surface area (Å²) in [4.78, 5) is 31.3. The van der Waals surface area contributed by atoms with E-state index in [4.69, 9.17) is 5.11 Å². The summed E-state index contributed by atoms with van der Waals surface area (Å²) in [7, 11) is 0. The van der Waals surface area contributed by atoms with E-state index in [0.717, 1.165) is 50.4 Å². The number of carbonyl (C=O) groups is 2. The highest BCUT2D eigenvalue weighted by molar-refractivity contribution is 6.24. The molecule has 2 aromatic rings. The number of Topliss-reactive ketones (excluding diaryl/α,β-unsaturated/α-hetero) is 2. The van der Waals surface area contributed by atoms with E-state index in [1.54, 1.807) is 6.20 Å². The average molecular weight is 462 g/mol. The molecule has 0 amide bonds. The summed E-state index contributed by atoms with van der Waals surface area (Å²) in [5.74, 6) is -0.630. The van der Waals surface area contributed by atoms with Crippen molar-refractivity contribution in [3.8, 4) is 0 Å². The van der Waals surface area contributed by atoms with Crippen molar-refractivity contribution in [2.24, 2.45) is 5.92 Å². The van der Waals surface area contributed by atoms with Gasteiger partial charge >= 0.3 is 0 Å². The lowest BCUT2D eigenvalue weighted by Crippen LogP contribution is -2.48. The Kier molecular flexibility index (Phi) is 8.63. The van der Waals surface area contributed by atoms with Gasteiger partial charge in [-0.3, -0.25) is 19.4 Å². The van der Waals surface area contributed by atoms with Crippen molar-refractivity contribution in [1.82, 2.24) is 15.1 Å². The average Bonchev–Trinajstić information content (AvgIpc) is 2.87. The third-order valence-electron chi connectivity index (χ3n) is 6.97. The second kappa shape index (κ2) is 12.1. The highest BCUT2D eigenvalue weighted by Crippen LogP contribution is 2.36. The van der Waals surface area contributed by atoms with Crippen LogP contribution in [0.15, 0.2) is 72.4 Å². The van der Waals surface area contributed by atoms with Crippen molar-refractivity contribution < 1.29 is 14.7 Å². The van der Waals surface area contributed by atoms with Gasteiger partial charge in [0, 0.05) is 63.8 Å². The van der Waals surface area contributed by atoms with E-state index in [2.05, 4.69) is 15.1 Å². The molecular weight excluding hydrogens is 426 g/mol. The first-order chi connectivity index (χ1) is 16.7. The van der Waals surface area contributed by atoms with Gasteiger partial charge in [-0.05, 0) is 24.0 Å². The molecule has 2 aliphatic rings. The quantitative estimate of drug-likeness (QED) is 0.339. The standard InChI is InChI=1S/C28H35N3O3/c32-18-17-31-15-13-30(14-16-31)12-11-29-21-26-27(33)24(19-22-7-3-1-4-8-22)20-25(28(26)34)23-9-5-2-6-10-23/h1-10,21,24-25,29,32H,11-20H2/b26-21+. The van der Waals surface area contributed by atoms with E-state index in [1.165, 1.54) is 0 Å². The first-order valence-electron chi connectivity index (χ1n) is 12.3. The van der Waals surface area contributed by atoms with Crippen LogP contribution in [0, 0.1) is 5.92 Å². The van der Waals surface area contributed by atoms with Crippen LogP contribution in [-0.4, -0.2) is 78.9 Å². The lowest BCUT2D eigenvalue weighted by Gasteiger charge is -2.34. The van der Waals surface area contributed by atoms with E-state index < -0.39 is 0 Å². The highest BCUT2D eigenvalue weighted by Gasteiger charge is 2.39. The molecule has 2 atom stereocenters. The zero-order valence-electron chi connectivity index (χ0n) is 19.7. The third-order valence-corrected chi connectivity index (χ3v) is 6.97. The normalized spacial score (nSPS) is 23.4. The summed E-state index contributed by atoms with van der Waals surface area (Å²) >= 11 is 0. The Morgan fingerprint density at radius 2 is 1.47 bits per heavy atom. The number of aliphatic hydroxyl groups is 1. The van der Waals surface area contributed by atoms with Crippen LogP contribution in [0.1, 0.15) is 23.5 Å². The predicted molar refractivity (Wildman–Crippen MR) is 134 cm³/mol. The lowest BCUT2D eigenvalue weighted by atomic mass is 9.72. The molecule has 1 aliphatic carbocycles. The van der Waals surface area contributed by atoms with Crippen LogP contribution in [0.5, 0.6) is 0 Å². The SMILES string of the molecule is O=C1/C(=C\NCCN2CCN(CCO)CC2)C(=O)C(c2ccccc2)CC1Cc1ccccc1. The maximum absolute atomic E-state index is 13.4. The van der Waals surface area contributed by atoms with Gasteiger partial charge in [0.15, 0.2) is 11.6 Å². The van der Waals surface area contributed by atoms with Gasteiger partial charge in [0.25, 0.3) is 0 Å². The molecule has 2 N–H and O–H groups in total. The first-order valence-corrected chi connectivity index (χ1v) is 12.3. The maximum Gasteiger partial charge on any atom is 0.175 e. The van der Waals surface area contributed by atoms with Crippen molar-refractivity contribution in [2.75, 3.05) is 52.4 Å². The number of carbonyl (C=O) groups excluding carboxylic acids is 2. The van der Waals surface area contributed by atoms with E-state index in [9.17, 15) is 9.59 Å². The predicted octanol–water partition coefficient (Wildman–Crippen LogP) is 2.25. The smallest absolute Gasteiger partial charge is 0.175 e. The Labute approximate surface area is 202 Å². The van der Waals surface area contributed by atoms with Gasteiger partial charge in [-0.25, -0.2) is 0 Å². The largest absolute Gasteiger partial charge is 0.395 e. The van der Waals surface area contributed by atoms with E-state index in [0.29, 0.717) is 25.0 Å². The number of nitrogens with one attached hydrogen (secondary N) is 1. The fourth-order valence-electron chi connectivity index (χ4n) is 4.99. The minimum Gasteiger partial charge on any atom is -0.395 e. The molecule has 4 rings (SSSR count). The van der Waals surface area contributed by atoms with Crippen molar-refractivity contribution in [3.05, 3.63) is 83.6 Å². The molecule has 1 heterocycles. The number of hydrogen-bond donors (Lipinski definition) is 2. The molecular formula is C28H35N3O3. The van der Waals surface area contributed by atoms with Crippen LogP contribution in [0.4, 0.5) is 0 Å². The molecule has 0 spiro atoms. The minimum absolute atomic E-state index is 0.0499. The molecule has 1 saturated heterocycles. The minimum atomic E-state index is -0.291. The lowest BCUT2D eigenvalue weighted by molar-refractivity contribution is -0.128. The number of hydrogen-bond acceptors (Lipinski definition) is 6. The van der Waals surface area contributed by atoms with Crippen molar-refractivity contribution in [3.63, 3.8) is 0 Å². The van der Waals surface area contributed by atoms with Gasteiger partial charge in [0.1, 0.15) is 0 Å². The summed E-state index contributed by atoms with van der Waals surface area (Å²) in [6.45, 7) is 6.31. The van der Waals surface area contributed by atoms with Gasteiger partial charge in [0.2, 0.25) is 0 Å². The summed E-state index contributed by atoms with van der Waals surface area (Å²) in [5, 5.41) is 12.3. The van der Waals surface area contributed by atoms with Crippen LogP contribution in [0.2, 0.25) is 0 Å². The monoisotopic (exact) mass is 461 g/mol. The van der Waals surface area contributed by atoms with Gasteiger partial charge in [-0.2, -0.15) is 0 Å².